The molecule has 0 atom stereocenters. The van der Waals surface area contributed by atoms with E-state index in [0.29, 0.717) is 35.6 Å². The highest BCUT2D eigenvalue weighted by molar-refractivity contribution is 7.91. The normalized spacial score (nSPS) is 16.7. The molecule has 134 valence electrons. The first-order valence-electron chi connectivity index (χ1n) is 8.07. The van der Waals surface area contributed by atoms with Gasteiger partial charge in [-0.15, -0.1) is 0 Å². The van der Waals surface area contributed by atoms with Gasteiger partial charge in [-0.2, -0.15) is 4.98 Å². The minimum atomic E-state index is -3.01. The third-order valence-electron chi connectivity index (χ3n) is 4.33. The number of sulfone groups is 1. The summed E-state index contributed by atoms with van der Waals surface area (Å²) >= 11 is 0. The van der Waals surface area contributed by atoms with Gasteiger partial charge in [0.25, 0.3) is 0 Å². The Labute approximate surface area is 149 Å². The molecule has 2 aromatic heterocycles. The van der Waals surface area contributed by atoms with E-state index >= 15 is 0 Å². The molecule has 0 bridgehead atoms. The van der Waals surface area contributed by atoms with Crippen molar-refractivity contribution in [1.29, 1.82) is 0 Å². The maximum Gasteiger partial charge on any atom is 0.222 e. The summed E-state index contributed by atoms with van der Waals surface area (Å²) in [5, 5.41) is 0. The molecular formula is C17H16FN5O2S. The molecule has 4 rings (SSSR count). The highest BCUT2D eigenvalue weighted by atomic mass is 32.2. The Balaban J connectivity index is 1.81. The van der Waals surface area contributed by atoms with Crippen LogP contribution in [0.15, 0.2) is 36.4 Å². The van der Waals surface area contributed by atoms with Crippen LogP contribution in [0.2, 0.25) is 0 Å². The molecule has 3 heterocycles. The largest absolute Gasteiger partial charge is 0.368 e. The lowest BCUT2D eigenvalue weighted by Gasteiger charge is -2.28. The van der Waals surface area contributed by atoms with Crippen LogP contribution in [-0.4, -0.2) is 48.0 Å². The fourth-order valence-corrected chi connectivity index (χ4v) is 4.14. The lowest BCUT2D eigenvalue weighted by Crippen LogP contribution is -2.41. The lowest BCUT2D eigenvalue weighted by molar-refractivity contribution is 0.586. The predicted octanol–water partition coefficient (Wildman–Crippen LogP) is 1.65. The molecule has 7 nitrogen and oxygen atoms in total. The van der Waals surface area contributed by atoms with E-state index in [2.05, 4.69) is 15.0 Å². The van der Waals surface area contributed by atoms with Gasteiger partial charge in [0.2, 0.25) is 5.95 Å². The Kier molecular flexibility index (Phi) is 3.95. The average molecular weight is 373 g/mol. The van der Waals surface area contributed by atoms with Crippen molar-refractivity contribution in [3.8, 4) is 11.3 Å². The third-order valence-corrected chi connectivity index (χ3v) is 5.93. The minimum Gasteiger partial charge on any atom is -0.368 e. The number of rotatable bonds is 2. The Morgan fingerprint density at radius 1 is 0.962 bits per heavy atom. The number of nitrogens with zero attached hydrogens (tertiary/aromatic N) is 4. The molecule has 1 aliphatic heterocycles. The van der Waals surface area contributed by atoms with E-state index in [0.717, 1.165) is 5.56 Å². The quantitative estimate of drug-likeness (QED) is 0.728. The van der Waals surface area contributed by atoms with E-state index in [4.69, 9.17) is 5.73 Å². The number of hydrogen-bond acceptors (Lipinski definition) is 7. The van der Waals surface area contributed by atoms with Crippen LogP contribution in [0.4, 0.5) is 16.2 Å². The fraction of sp³-hybridized carbons (Fsp3) is 0.235. The highest BCUT2D eigenvalue weighted by Crippen LogP contribution is 2.27. The van der Waals surface area contributed by atoms with E-state index in [9.17, 15) is 12.8 Å². The topological polar surface area (TPSA) is 102 Å². The SMILES string of the molecule is Nc1nc(N2CCS(=O)(=O)CC2)c2nc(-c3ccc(F)cc3)ccc2n1. The van der Waals surface area contributed by atoms with Gasteiger partial charge < -0.3 is 10.6 Å². The summed E-state index contributed by atoms with van der Waals surface area (Å²) in [7, 11) is -3.01. The summed E-state index contributed by atoms with van der Waals surface area (Å²) in [6.45, 7) is 0.659. The van der Waals surface area contributed by atoms with Crippen molar-refractivity contribution in [3.63, 3.8) is 0 Å². The van der Waals surface area contributed by atoms with Crippen molar-refractivity contribution in [2.75, 3.05) is 35.2 Å². The van der Waals surface area contributed by atoms with Crippen molar-refractivity contribution in [3.05, 3.63) is 42.2 Å². The van der Waals surface area contributed by atoms with Crippen LogP contribution in [0.5, 0.6) is 0 Å². The molecule has 26 heavy (non-hydrogen) atoms. The van der Waals surface area contributed by atoms with Gasteiger partial charge in [-0.05, 0) is 36.4 Å². The van der Waals surface area contributed by atoms with E-state index in [-0.39, 0.29) is 23.3 Å². The average Bonchev–Trinajstić information content (AvgIpc) is 2.61. The zero-order chi connectivity index (χ0) is 18.3. The maximum atomic E-state index is 13.2. The second-order valence-corrected chi connectivity index (χ2v) is 8.42. The maximum absolute atomic E-state index is 13.2. The summed E-state index contributed by atoms with van der Waals surface area (Å²) in [6.07, 6.45) is 0. The van der Waals surface area contributed by atoms with Crippen LogP contribution in [-0.2, 0) is 9.84 Å². The van der Waals surface area contributed by atoms with Gasteiger partial charge >= 0.3 is 0 Å². The zero-order valence-electron chi connectivity index (χ0n) is 13.8. The molecule has 0 saturated carbocycles. The zero-order valence-corrected chi connectivity index (χ0v) is 14.6. The smallest absolute Gasteiger partial charge is 0.222 e. The molecule has 1 aromatic carbocycles. The number of fused-ring (bicyclic) bond motifs is 1. The lowest BCUT2D eigenvalue weighted by atomic mass is 10.1. The minimum absolute atomic E-state index is 0.0655. The molecule has 1 aliphatic rings. The summed E-state index contributed by atoms with van der Waals surface area (Å²) in [5.74, 6) is 0.441. The molecule has 0 radical (unpaired) electrons. The summed E-state index contributed by atoms with van der Waals surface area (Å²) < 4.78 is 36.5. The number of benzene rings is 1. The van der Waals surface area contributed by atoms with E-state index in [1.165, 1.54) is 12.1 Å². The number of anilines is 2. The molecule has 0 amide bonds. The summed E-state index contributed by atoms with van der Waals surface area (Å²) in [4.78, 5) is 15.0. The van der Waals surface area contributed by atoms with Gasteiger partial charge in [-0.1, -0.05) is 0 Å². The first kappa shape index (κ1) is 16.6. The van der Waals surface area contributed by atoms with Gasteiger partial charge in [-0.25, -0.2) is 22.8 Å². The van der Waals surface area contributed by atoms with Crippen molar-refractivity contribution in [1.82, 2.24) is 15.0 Å². The molecule has 0 unspecified atom stereocenters. The van der Waals surface area contributed by atoms with E-state index in [1.807, 2.05) is 4.90 Å². The number of aromatic nitrogens is 3. The van der Waals surface area contributed by atoms with Crippen LogP contribution in [0.1, 0.15) is 0 Å². The molecule has 1 fully saturated rings. The first-order chi connectivity index (χ1) is 12.4. The second kappa shape index (κ2) is 6.17. The van der Waals surface area contributed by atoms with Gasteiger partial charge in [-0.3, -0.25) is 0 Å². The van der Waals surface area contributed by atoms with Crippen molar-refractivity contribution >= 4 is 32.6 Å². The first-order valence-corrected chi connectivity index (χ1v) is 9.89. The number of hydrogen-bond donors (Lipinski definition) is 1. The third kappa shape index (κ3) is 3.17. The molecule has 3 aromatic rings. The molecule has 9 heteroatoms. The van der Waals surface area contributed by atoms with Crippen LogP contribution in [0.3, 0.4) is 0 Å². The number of halogens is 1. The second-order valence-electron chi connectivity index (χ2n) is 6.12. The van der Waals surface area contributed by atoms with E-state index in [1.54, 1.807) is 24.3 Å². The molecular weight excluding hydrogens is 357 g/mol. The van der Waals surface area contributed by atoms with Crippen LogP contribution in [0, 0.1) is 5.82 Å². The predicted molar refractivity (Wildman–Crippen MR) is 98.0 cm³/mol. The number of nitrogen functional groups attached to an aromatic ring is 1. The number of pyridine rings is 1. The molecule has 0 spiro atoms. The van der Waals surface area contributed by atoms with Crippen LogP contribution >= 0.6 is 0 Å². The van der Waals surface area contributed by atoms with Gasteiger partial charge in [0, 0.05) is 18.7 Å². The van der Waals surface area contributed by atoms with Crippen LogP contribution in [0.25, 0.3) is 22.3 Å². The summed E-state index contributed by atoms with van der Waals surface area (Å²) in [6, 6.07) is 9.60. The molecule has 0 aliphatic carbocycles. The van der Waals surface area contributed by atoms with Gasteiger partial charge in [0.15, 0.2) is 15.7 Å². The Bertz CT molecular complexity index is 1070. The Morgan fingerprint density at radius 3 is 2.35 bits per heavy atom. The number of nitrogens with two attached hydrogens (primary N) is 1. The molecule has 1 saturated heterocycles. The van der Waals surface area contributed by atoms with Crippen molar-refractivity contribution in [2.45, 2.75) is 0 Å². The fourth-order valence-electron chi connectivity index (χ4n) is 2.94. The van der Waals surface area contributed by atoms with Crippen LogP contribution < -0.4 is 10.6 Å². The van der Waals surface area contributed by atoms with Gasteiger partial charge in [0.1, 0.15) is 11.3 Å². The Hall–Kier alpha value is -2.81. The Morgan fingerprint density at radius 2 is 1.65 bits per heavy atom. The standard InChI is InChI=1S/C17H16FN5O2S/c18-12-3-1-11(2-4-12)13-5-6-14-15(20-13)16(22-17(19)21-14)23-7-9-26(24,25)10-8-23/h1-6H,7-10H2,(H2,19,21,22). The van der Waals surface area contributed by atoms with E-state index < -0.39 is 9.84 Å². The summed E-state index contributed by atoms with van der Waals surface area (Å²) in [5.41, 5.74) is 8.34. The molecule has 2 N–H and O–H groups in total. The highest BCUT2D eigenvalue weighted by Gasteiger charge is 2.25. The van der Waals surface area contributed by atoms with Crippen molar-refractivity contribution < 1.29 is 12.8 Å². The van der Waals surface area contributed by atoms with Gasteiger partial charge in [0.05, 0.1) is 22.7 Å². The van der Waals surface area contributed by atoms with Crippen molar-refractivity contribution in [2.24, 2.45) is 0 Å². The monoisotopic (exact) mass is 373 g/mol.